The first-order chi connectivity index (χ1) is 16.4. The van der Waals surface area contributed by atoms with E-state index in [-0.39, 0.29) is 21.6 Å². The Morgan fingerprint density at radius 2 is 2.06 bits per heavy atom. The second-order valence-electron chi connectivity index (χ2n) is 8.59. The molecule has 9 nitrogen and oxygen atoms in total. The number of benzene rings is 1. The first kappa shape index (κ1) is 22.9. The molecule has 2 aliphatic rings. The van der Waals surface area contributed by atoms with Gasteiger partial charge in [-0.05, 0) is 50.2 Å². The fraction of sp³-hybridized carbons (Fsp3) is 0.455. The van der Waals surface area contributed by atoms with Crippen molar-refractivity contribution in [2.24, 2.45) is 5.92 Å². The number of nitrogens with zero attached hydrogens (tertiary/aromatic N) is 4. The van der Waals surface area contributed by atoms with Crippen molar-refractivity contribution in [3.8, 4) is 0 Å². The molecule has 12 heteroatoms. The summed E-state index contributed by atoms with van der Waals surface area (Å²) in [6, 6.07) is 2.15. The van der Waals surface area contributed by atoms with Crippen LogP contribution in [0.2, 0.25) is 0 Å². The lowest BCUT2D eigenvalue weighted by atomic mass is 9.92. The molecule has 0 bridgehead atoms. The predicted octanol–water partition coefficient (Wildman–Crippen LogP) is 4.12. The lowest BCUT2D eigenvalue weighted by Gasteiger charge is -2.26. The summed E-state index contributed by atoms with van der Waals surface area (Å²) in [7, 11) is -3.59. The fourth-order valence-corrected chi connectivity index (χ4v) is 6.73. The number of rotatable bonds is 7. The number of anilines is 1. The van der Waals surface area contributed by atoms with Gasteiger partial charge in [-0.25, -0.2) is 18.2 Å². The maximum absolute atomic E-state index is 13.4. The van der Waals surface area contributed by atoms with Gasteiger partial charge in [-0.15, -0.1) is 0 Å². The minimum absolute atomic E-state index is 0.0805. The summed E-state index contributed by atoms with van der Waals surface area (Å²) in [4.78, 5) is 20.8. The summed E-state index contributed by atoms with van der Waals surface area (Å²) in [5, 5.41) is 6.66. The van der Waals surface area contributed by atoms with E-state index in [0.717, 1.165) is 30.4 Å². The van der Waals surface area contributed by atoms with E-state index in [2.05, 4.69) is 20.2 Å². The van der Waals surface area contributed by atoms with Crippen molar-refractivity contribution in [2.75, 3.05) is 18.5 Å². The number of thiazole rings is 1. The average Bonchev–Trinajstić information content (AvgIpc) is 3.51. The number of nitrogens with one attached hydrogen (secondary N) is 1. The number of halogens is 1. The van der Waals surface area contributed by atoms with Crippen LogP contribution in [0.3, 0.4) is 0 Å². The second kappa shape index (κ2) is 9.05. The van der Waals surface area contributed by atoms with Crippen LogP contribution < -0.4 is 5.32 Å². The molecule has 1 saturated heterocycles. The Kier molecular flexibility index (Phi) is 6.09. The molecule has 1 atom stereocenters. The Balaban J connectivity index is 1.58. The zero-order chi connectivity index (χ0) is 23.9. The highest BCUT2D eigenvalue weighted by atomic mass is 32.2. The van der Waals surface area contributed by atoms with Crippen molar-refractivity contribution in [2.45, 2.75) is 48.3 Å². The number of ether oxygens (including phenoxy) is 1. The molecule has 2 fully saturated rings. The van der Waals surface area contributed by atoms with Crippen LogP contribution in [-0.4, -0.2) is 47.6 Å². The maximum Gasteiger partial charge on any atom is 0.251 e. The number of carbonyl (C=O) groups is 1. The molecule has 1 N–H and O–H groups in total. The van der Waals surface area contributed by atoms with E-state index in [1.165, 1.54) is 16.9 Å². The third-order valence-corrected chi connectivity index (χ3v) is 9.27. The van der Waals surface area contributed by atoms with Gasteiger partial charge in [0.2, 0.25) is 0 Å². The maximum atomic E-state index is 13.4. The molecule has 0 spiro atoms. The minimum Gasteiger partial charge on any atom is -0.381 e. The van der Waals surface area contributed by atoms with Crippen LogP contribution in [0.15, 0.2) is 29.4 Å². The van der Waals surface area contributed by atoms with Gasteiger partial charge in [0.15, 0.2) is 25.8 Å². The van der Waals surface area contributed by atoms with Crippen LogP contribution in [0.4, 0.5) is 15.2 Å². The van der Waals surface area contributed by atoms with Gasteiger partial charge < -0.3 is 10.1 Å². The molecule has 34 heavy (non-hydrogen) atoms. The average molecular weight is 504 g/mol. The summed E-state index contributed by atoms with van der Waals surface area (Å²) in [6.45, 7) is 8.68. The summed E-state index contributed by atoms with van der Waals surface area (Å²) in [6.07, 6.45) is 5.68. The molecule has 1 aliphatic carbocycles. The Morgan fingerprint density at radius 1 is 1.29 bits per heavy atom. The predicted molar refractivity (Wildman–Crippen MR) is 124 cm³/mol. The Labute approximate surface area is 199 Å². The molecule has 3 aromatic rings. The highest BCUT2D eigenvalue weighted by molar-refractivity contribution is 7.92. The minimum atomic E-state index is -3.59. The van der Waals surface area contributed by atoms with E-state index >= 15 is 0 Å². The van der Waals surface area contributed by atoms with Crippen LogP contribution in [0.25, 0.3) is 15.7 Å². The molecule has 0 radical (unpaired) electrons. The topological polar surface area (TPSA) is 108 Å². The first-order valence-electron chi connectivity index (χ1n) is 11.0. The molecule has 5 rings (SSSR count). The van der Waals surface area contributed by atoms with Crippen molar-refractivity contribution in [3.05, 3.63) is 41.1 Å². The van der Waals surface area contributed by atoms with Gasteiger partial charge in [0.1, 0.15) is 6.04 Å². The van der Waals surface area contributed by atoms with Crippen LogP contribution in [0, 0.1) is 17.6 Å². The van der Waals surface area contributed by atoms with Crippen molar-refractivity contribution in [1.29, 1.82) is 0 Å². The van der Waals surface area contributed by atoms with Gasteiger partial charge in [0.05, 0.1) is 34.6 Å². The summed E-state index contributed by atoms with van der Waals surface area (Å²) in [5.41, 5.74) is 0.575. The normalized spacial score (nSPS) is 18.0. The zero-order valence-electron chi connectivity index (χ0n) is 18.1. The largest absolute Gasteiger partial charge is 0.381 e. The molecule has 1 aliphatic heterocycles. The van der Waals surface area contributed by atoms with E-state index in [1.54, 1.807) is 6.07 Å². The van der Waals surface area contributed by atoms with Crippen molar-refractivity contribution >= 4 is 48.8 Å². The van der Waals surface area contributed by atoms with Gasteiger partial charge in [-0.1, -0.05) is 11.3 Å². The number of hydrogen-bond donors (Lipinski definition) is 1. The van der Waals surface area contributed by atoms with E-state index in [4.69, 9.17) is 11.3 Å². The SMILES string of the molecule is [C-]#[N+]c1cc(S(=O)(=O)C2CC2)c2cnn([C@H](CC3CCOCC3)C(=O)Nc3ncc(F)s3)c2c1. The third-order valence-electron chi connectivity index (χ3n) is 6.26. The van der Waals surface area contributed by atoms with Gasteiger partial charge in [-0.3, -0.25) is 9.48 Å². The van der Waals surface area contributed by atoms with Crippen molar-refractivity contribution < 1.29 is 22.3 Å². The van der Waals surface area contributed by atoms with Gasteiger partial charge in [-0.2, -0.15) is 9.49 Å². The number of sulfone groups is 1. The summed E-state index contributed by atoms with van der Waals surface area (Å²) in [5.74, 6) is -0.235. The quantitative estimate of drug-likeness (QED) is 0.486. The molecular weight excluding hydrogens is 481 g/mol. The molecule has 0 unspecified atom stereocenters. The Morgan fingerprint density at radius 3 is 2.71 bits per heavy atom. The number of aromatic nitrogens is 3. The summed E-state index contributed by atoms with van der Waals surface area (Å²) >= 11 is 0.724. The molecule has 1 amide bonds. The molecule has 1 saturated carbocycles. The summed E-state index contributed by atoms with van der Waals surface area (Å²) < 4.78 is 46.5. The standard InChI is InChI=1S/C22H22FN5O4S2/c1-24-14-9-17-16(19(10-14)34(30,31)15-2-3-15)11-26-28(17)18(8-13-4-6-32-7-5-13)21(29)27-22-25-12-20(23)33-22/h9-13,15,18H,2-8H2,(H,25,27,29)/t18-/m1/s1. The lowest BCUT2D eigenvalue weighted by Crippen LogP contribution is -2.30. The molecule has 3 heterocycles. The number of hydrogen-bond acceptors (Lipinski definition) is 7. The van der Waals surface area contributed by atoms with E-state index < -0.39 is 32.2 Å². The van der Waals surface area contributed by atoms with Gasteiger partial charge in [0.25, 0.3) is 5.91 Å². The van der Waals surface area contributed by atoms with Crippen LogP contribution in [-0.2, 0) is 19.4 Å². The number of fused-ring (bicyclic) bond motifs is 1. The molecule has 178 valence electrons. The molecular formula is C22H22FN5O4S2. The number of amides is 1. The van der Waals surface area contributed by atoms with E-state index in [1.807, 2.05) is 0 Å². The highest BCUT2D eigenvalue weighted by Crippen LogP contribution is 2.39. The van der Waals surface area contributed by atoms with Crippen LogP contribution in [0.1, 0.15) is 38.1 Å². The molecule has 2 aromatic heterocycles. The smallest absolute Gasteiger partial charge is 0.251 e. The van der Waals surface area contributed by atoms with E-state index in [9.17, 15) is 17.6 Å². The molecule has 1 aromatic carbocycles. The number of carbonyl (C=O) groups excluding carboxylic acids is 1. The van der Waals surface area contributed by atoms with E-state index in [0.29, 0.717) is 43.4 Å². The first-order valence-corrected chi connectivity index (χ1v) is 13.4. The highest BCUT2D eigenvalue weighted by Gasteiger charge is 2.39. The Hall–Kier alpha value is -2.88. The van der Waals surface area contributed by atoms with Crippen molar-refractivity contribution in [3.63, 3.8) is 0 Å². The van der Waals surface area contributed by atoms with Crippen LogP contribution in [0.5, 0.6) is 0 Å². The van der Waals surface area contributed by atoms with Crippen molar-refractivity contribution in [1.82, 2.24) is 14.8 Å². The monoisotopic (exact) mass is 503 g/mol. The Bertz CT molecular complexity index is 1380. The second-order valence-corrected chi connectivity index (χ2v) is 11.8. The van der Waals surface area contributed by atoms with Gasteiger partial charge >= 0.3 is 0 Å². The lowest BCUT2D eigenvalue weighted by molar-refractivity contribution is -0.120. The van der Waals surface area contributed by atoms with Gasteiger partial charge in [0, 0.05) is 18.6 Å². The van der Waals surface area contributed by atoms with Crippen LogP contribution >= 0.6 is 11.3 Å². The third kappa shape index (κ3) is 4.43. The zero-order valence-corrected chi connectivity index (χ0v) is 19.7. The fourth-order valence-electron chi connectivity index (χ4n) is 4.32.